The zero-order chi connectivity index (χ0) is 21.8. The molecule has 2 bridgehead atoms. The van der Waals surface area contributed by atoms with Gasteiger partial charge in [0.15, 0.2) is 11.6 Å². The molecule has 0 aromatic carbocycles. The number of esters is 1. The molecule has 0 aromatic heterocycles. The molecule has 2 heterocycles. The van der Waals surface area contributed by atoms with E-state index in [2.05, 4.69) is 0 Å². The van der Waals surface area contributed by atoms with Crippen LogP contribution in [0.15, 0.2) is 11.6 Å². The second-order valence-electron chi connectivity index (χ2n) is 9.84. The van der Waals surface area contributed by atoms with Gasteiger partial charge in [-0.15, -0.1) is 0 Å². The molecule has 2 saturated heterocycles. The van der Waals surface area contributed by atoms with E-state index in [1.807, 2.05) is 0 Å². The van der Waals surface area contributed by atoms with E-state index in [0.29, 0.717) is 6.42 Å². The van der Waals surface area contributed by atoms with Crippen LogP contribution in [0.2, 0.25) is 0 Å². The van der Waals surface area contributed by atoms with Gasteiger partial charge in [0.05, 0.1) is 6.61 Å². The van der Waals surface area contributed by atoms with Crippen molar-refractivity contribution in [1.29, 1.82) is 0 Å². The van der Waals surface area contributed by atoms with Gasteiger partial charge in [-0.05, 0) is 31.3 Å². The molecule has 5 aliphatic rings. The van der Waals surface area contributed by atoms with E-state index in [4.69, 9.17) is 14.2 Å². The quantitative estimate of drug-likeness (QED) is 0.390. The van der Waals surface area contributed by atoms with Crippen molar-refractivity contribution in [2.75, 3.05) is 6.61 Å². The maximum Gasteiger partial charge on any atom is 0.348 e. The number of allylic oxidation sites excluding steroid dienone is 1. The Morgan fingerprint density at radius 2 is 2.00 bits per heavy atom. The standard InChI is InChI=1S/C21H26O9/c1-8-4-11(23)16(25)19(3)10(8)5-12-20-6-29-21(27,18(19)20)15(24)9(2)13(20)14(28-7-22)17(26)30-12/h4,7,9-10,12-16,18,24-25,27H,5-6H2,1-3H3/t9-,10-,12+,13+,14+,15-,16+,18+,19+,20-,21-/m0/s1. The number of hydrogen-bond donors (Lipinski definition) is 3. The molecule has 0 radical (unpaired) electrons. The Bertz CT molecular complexity index is 869. The second-order valence-corrected chi connectivity index (χ2v) is 9.84. The minimum absolute atomic E-state index is 0.0527. The summed E-state index contributed by atoms with van der Waals surface area (Å²) in [6, 6.07) is 0. The lowest BCUT2D eigenvalue weighted by Crippen LogP contribution is -2.77. The van der Waals surface area contributed by atoms with Gasteiger partial charge in [0.25, 0.3) is 6.47 Å². The lowest BCUT2D eigenvalue weighted by molar-refractivity contribution is -0.339. The van der Waals surface area contributed by atoms with Crippen molar-refractivity contribution in [1.82, 2.24) is 0 Å². The molecule has 0 amide bonds. The van der Waals surface area contributed by atoms with Crippen molar-refractivity contribution in [2.45, 2.75) is 57.4 Å². The summed E-state index contributed by atoms with van der Waals surface area (Å²) in [5.74, 6) is -5.89. The van der Waals surface area contributed by atoms with E-state index in [1.165, 1.54) is 6.08 Å². The third-order valence-electron chi connectivity index (χ3n) is 8.83. The Morgan fingerprint density at radius 3 is 2.67 bits per heavy atom. The first kappa shape index (κ1) is 20.1. The molecule has 30 heavy (non-hydrogen) atoms. The normalized spacial score (nSPS) is 56.4. The summed E-state index contributed by atoms with van der Waals surface area (Å²) in [6.45, 7) is 5.30. The number of ketones is 1. The minimum atomic E-state index is -2.05. The fraction of sp³-hybridized carbons (Fsp3) is 0.762. The molecule has 164 valence electrons. The summed E-state index contributed by atoms with van der Waals surface area (Å²) in [7, 11) is 0. The molecule has 9 heteroatoms. The van der Waals surface area contributed by atoms with E-state index in [1.54, 1.807) is 20.8 Å². The number of aliphatic hydroxyl groups excluding tert-OH is 2. The Hall–Kier alpha value is -1.81. The molecular formula is C21H26O9. The summed E-state index contributed by atoms with van der Waals surface area (Å²) in [5, 5.41) is 33.8. The van der Waals surface area contributed by atoms with Crippen LogP contribution in [0.25, 0.3) is 0 Å². The van der Waals surface area contributed by atoms with Gasteiger partial charge in [-0.1, -0.05) is 19.4 Å². The van der Waals surface area contributed by atoms with Crippen molar-refractivity contribution in [2.24, 2.45) is 34.5 Å². The second kappa shape index (κ2) is 5.91. The van der Waals surface area contributed by atoms with Crippen LogP contribution in [0.5, 0.6) is 0 Å². The summed E-state index contributed by atoms with van der Waals surface area (Å²) in [5.41, 5.74) is -1.48. The predicted molar refractivity (Wildman–Crippen MR) is 97.3 cm³/mol. The van der Waals surface area contributed by atoms with E-state index in [0.717, 1.165) is 5.57 Å². The zero-order valence-electron chi connectivity index (χ0n) is 17.0. The topological polar surface area (TPSA) is 140 Å². The lowest BCUT2D eigenvalue weighted by atomic mass is 9.38. The van der Waals surface area contributed by atoms with Crippen LogP contribution in [0.1, 0.15) is 27.2 Å². The van der Waals surface area contributed by atoms with Gasteiger partial charge < -0.3 is 29.5 Å². The molecule has 11 atom stereocenters. The van der Waals surface area contributed by atoms with Gasteiger partial charge in [0.2, 0.25) is 6.10 Å². The number of rotatable bonds is 2. The van der Waals surface area contributed by atoms with Gasteiger partial charge in [-0.25, -0.2) is 4.79 Å². The predicted octanol–water partition coefficient (Wildman–Crippen LogP) is -0.682. The molecule has 1 spiro atoms. The van der Waals surface area contributed by atoms with Gasteiger partial charge >= 0.3 is 5.97 Å². The molecule has 9 nitrogen and oxygen atoms in total. The van der Waals surface area contributed by atoms with Gasteiger partial charge in [-0.2, -0.15) is 0 Å². The molecule has 2 saturated carbocycles. The van der Waals surface area contributed by atoms with Gasteiger partial charge in [0.1, 0.15) is 18.3 Å². The number of fused-ring (bicyclic) bond motifs is 1. The first-order valence-electron chi connectivity index (χ1n) is 10.3. The first-order chi connectivity index (χ1) is 14.0. The third kappa shape index (κ3) is 1.96. The zero-order valence-corrected chi connectivity index (χ0v) is 17.0. The fourth-order valence-electron chi connectivity index (χ4n) is 7.81. The maximum absolute atomic E-state index is 12.8. The third-order valence-corrected chi connectivity index (χ3v) is 8.83. The molecule has 5 rings (SSSR count). The first-order valence-corrected chi connectivity index (χ1v) is 10.3. The Balaban J connectivity index is 1.78. The molecular weight excluding hydrogens is 396 g/mol. The lowest BCUT2D eigenvalue weighted by Gasteiger charge is -2.68. The number of hydrogen-bond acceptors (Lipinski definition) is 9. The minimum Gasteiger partial charge on any atom is -0.459 e. The van der Waals surface area contributed by atoms with E-state index >= 15 is 0 Å². The van der Waals surface area contributed by atoms with Crippen LogP contribution in [0, 0.1) is 34.5 Å². The van der Waals surface area contributed by atoms with Crippen molar-refractivity contribution >= 4 is 18.2 Å². The summed E-state index contributed by atoms with van der Waals surface area (Å²) < 4.78 is 16.7. The van der Waals surface area contributed by atoms with Gasteiger partial charge in [-0.3, -0.25) is 9.59 Å². The summed E-state index contributed by atoms with van der Waals surface area (Å²) in [6.07, 6.45) is -3.08. The highest BCUT2D eigenvalue weighted by Gasteiger charge is 2.83. The molecule has 3 N–H and O–H groups in total. The van der Waals surface area contributed by atoms with Crippen LogP contribution in [-0.4, -0.2) is 70.4 Å². The van der Waals surface area contributed by atoms with Crippen molar-refractivity contribution < 1.29 is 43.9 Å². The Morgan fingerprint density at radius 1 is 1.30 bits per heavy atom. The number of ether oxygens (including phenoxy) is 3. The van der Waals surface area contributed by atoms with E-state index in [9.17, 15) is 29.7 Å². The number of aliphatic hydroxyl groups is 3. The summed E-state index contributed by atoms with van der Waals surface area (Å²) >= 11 is 0. The molecule has 3 aliphatic carbocycles. The largest absolute Gasteiger partial charge is 0.459 e. The van der Waals surface area contributed by atoms with Crippen LogP contribution in [0.3, 0.4) is 0 Å². The molecule has 0 unspecified atom stereocenters. The van der Waals surface area contributed by atoms with Crippen LogP contribution in [0.4, 0.5) is 0 Å². The smallest absolute Gasteiger partial charge is 0.348 e. The maximum atomic E-state index is 12.8. The van der Waals surface area contributed by atoms with E-state index in [-0.39, 0.29) is 19.0 Å². The average molecular weight is 422 g/mol. The molecule has 2 aliphatic heterocycles. The number of carbonyl (C=O) groups is 3. The highest BCUT2D eigenvalue weighted by Crippen LogP contribution is 2.73. The van der Waals surface area contributed by atoms with Crippen molar-refractivity contribution in [3.8, 4) is 0 Å². The monoisotopic (exact) mass is 422 g/mol. The van der Waals surface area contributed by atoms with Crippen molar-refractivity contribution in [3.05, 3.63) is 11.6 Å². The van der Waals surface area contributed by atoms with Gasteiger partial charge in [0, 0.05) is 22.7 Å². The highest BCUT2D eigenvalue weighted by atomic mass is 16.7. The average Bonchev–Trinajstić information content (AvgIpc) is 2.98. The van der Waals surface area contributed by atoms with Crippen LogP contribution < -0.4 is 0 Å². The highest BCUT2D eigenvalue weighted by molar-refractivity contribution is 5.96. The Labute approximate surface area is 173 Å². The summed E-state index contributed by atoms with van der Waals surface area (Å²) in [4.78, 5) is 36.5. The van der Waals surface area contributed by atoms with E-state index < -0.39 is 70.5 Å². The molecule has 0 aromatic rings. The van der Waals surface area contributed by atoms with Crippen molar-refractivity contribution in [3.63, 3.8) is 0 Å². The fourth-order valence-corrected chi connectivity index (χ4v) is 7.81. The number of carbonyl (C=O) groups excluding carboxylic acids is 3. The molecule has 4 fully saturated rings. The van der Waals surface area contributed by atoms with Crippen LogP contribution >= 0.6 is 0 Å². The van der Waals surface area contributed by atoms with Crippen LogP contribution in [-0.2, 0) is 28.6 Å². The SMILES string of the molecule is CC1=CC(=O)[C@@H](O)[C@]2(C)[C@H]3[C@@]4(O)OC[C@]35[C@H]([C@H](C)[C@@H]4O)[C@@H](OC=O)C(=O)O[C@@H]5C[C@@H]12. The Kier molecular flexibility index (Phi) is 3.96.